The Bertz CT molecular complexity index is 1100. The first-order valence-electron chi connectivity index (χ1n) is 9.43. The van der Waals surface area contributed by atoms with Gasteiger partial charge in [0.1, 0.15) is 24.0 Å². The Labute approximate surface area is 177 Å². The minimum atomic E-state index is -0.545. The van der Waals surface area contributed by atoms with E-state index in [2.05, 4.69) is 15.3 Å². The first-order valence-corrected chi connectivity index (χ1v) is 9.81. The van der Waals surface area contributed by atoms with E-state index in [9.17, 15) is 9.18 Å². The zero-order valence-electron chi connectivity index (χ0n) is 16.4. The fourth-order valence-corrected chi connectivity index (χ4v) is 3.74. The van der Waals surface area contributed by atoms with Crippen LogP contribution >= 0.6 is 11.6 Å². The minimum absolute atomic E-state index is 0.0286. The maximum absolute atomic E-state index is 14.2. The van der Waals surface area contributed by atoms with Gasteiger partial charge >= 0.3 is 6.09 Å². The highest BCUT2D eigenvalue weighted by atomic mass is 35.5. The Kier molecular flexibility index (Phi) is 5.59. The Hall–Kier alpha value is -3.13. The molecular weight excluding hydrogens is 411 g/mol. The molecule has 156 valence electrons. The molecule has 1 amide bonds. The third-order valence-corrected chi connectivity index (χ3v) is 5.35. The highest BCUT2D eigenvalue weighted by Crippen LogP contribution is 2.30. The summed E-state index contributed by atoms with van der Waals surface area (Å²) >= 11 is 5.85. The fraction of sp³-hybridized carbons (Fsp3) is 0.286. The second-order valence-electron chi connectivity index (χ2n) is 7.07. The van der Waals surface area contributed by atoms with Crippen molar-refractivity contribution in [1.29, 1.82) is 0 Å². The van der Waals surface area contributed by atoms with Gasteiger partial charge in [0.25, 0.3) is 0 Å². The summed E-state index contributed by atoms with van der Waals surface area (Å²) in [6, 6.07) is 10.2. The molecule has 1 aliphatic rings. The van der Waals surface area contributed by atoms with Crippen LogP contribution in [0.4, 0.5) is 20.7 Å². The van der Waals surface area contributed by atoms with Crippen LogP contribution in [0.25, 0.3) is 10.9 Å². The largest absolute Gasteiger partial charge is 0.488 e. The van der Waals surface area contributed by atoms with Gasteiger partial charge in [0.05, 0.1) is 29.9 Å². The molecule has 1 unspecified atom stereocenters. The molecule has 3 aromatic rings. The molecule has 0 bridgehead atoms. The molecule has 0 radical (unpaired) electrons. The van der Waals surface area contributed by atoms with E-state index in [1.165, 1.54) is 19.5 Å². The Balaban J connectivity index is 1.54. The smallest absolute Gasteiger partial charge is 0.409 e. The molecule has 0 saturated carbocycles. The van der Waals surface area contributed by atoms with Crippen LogP contribution in [0.1, 0.15) is 13.3 Å². The lowest BCUT2D eigenvalue weighted by molar-refractivity contribution is 0.117. The Morgan fingerprint density at radius 2 is 2.13 bits per heavy atom. The number of amides is 1. The molecule has 2 atom stereocenters. The lowest BCUT2D eigenvalue weighted by Gasteiger charge is -2.19. The van der Waals surface area contributed by atoms with Crippen molar-refractivity contribution in [2.75, 3.05) is 19.0 Å². The summed E-state index contributed by atoms with van der Waals surface area (Å²) in [5.74, 6) is 0.542. The molecule has 1 aromatic heterocycles. The number of halogens is 2. The second kappa shape index (κ2) is 8.31. The van der Waals surface area contributed by atoms with Gasteiger partial charge in [-0.1, -0.05) is 17.7 Å². The molecule has 1 N–H and O–H groups in total. The number of hydrogen-bond donors (Lipinski definition) is 1. The summed E-state index contributed by atoms with van der Waals surface area (Å²) in [7, 11) is 1.37. The number of fused-ring (bicyclic) bond motifs is 1. The molecular formula is C21H20ClFN4O3. The molecule has 4 rings (SSSR count). The summed E-state index contributed by atoms with van der Waals surface area (Å²) < 4.78 is 25.1. The Morgan fingerprint density at radius 1 is 1.30 bits per heavy atom. The standard InChI is InChI=1S/C21H20ClFN4O3/c1-12-8-14(10-27(12)21(28)29-2)30-13-6-7-15-18(9-13)24-11-25-20(15)26-17-5-3-4-16(22)19(17)23/h3-7,9,11-12,14H,8,10H2,1-2H3,(H,24,25,26)/t12?,14-/m0/s1. The van der Waals surface area contributed by atoms with Gasteiger partial charge in [-0.3, -0.25) is 0 Å². The number of anilines is 2. The highest BCUT2D eigenvalue weighted by Gasteiger charge is 2.34. The van der Waals surface area contributed by atoms with E-state index < -0.39 is 5.82 Å². The van der Waals surface area contributed by atoms with E-state index in [1.807, 2.05) is 13.0 Å². The topological polar surface area (TPSA) is 76.6 Å². The maximum atomic E-state index is 14.2. The van der Waals surface area contributed by atoms with Crippen LogP contribution in [-0.2, 0) is 4.74 Å². The molecule has 1 fully saturated rings. The predicted molar refractivity (Wildman–Crippen MR) is 112 cm³/mol. The summed E-state index contributed by atoms with van der Waals surface area (Å²) in [6.45, 7) is 2.41. The number of nitrogens with one attached hydrogen (secondary N) is 1. The average Bonchev–Trinajstić information content (AvgIpc) is 3.10. The van der Waals surface area contributed by atoms with Gasteiger partial charge in [-0.15, -0.1) is 0 Å². The number of nitrogens with zero attached hydrogens (tertiary/aromatic N) is 3. The van der Waals surface area contributed by atoms with Crippen LogP contribution in [0, 0.1) is 5.82 Å². The number of carbonyl (C=O) groups is 1. The number of methoxy groups -OCH3 is 1. The normalized spacial score (nSPS) is 18.5. The molecule has 2 aromatic carbocycles. The van der Waals surface area contributed by atoms with Crippen LogP contribution in [0.2, 0.25) is 5.02 Å². The summed E-state index contributed by atoms with van der Waals surface area (Å²) in [6.07, 6.45) is 1.60. The number of ether oxygens (including phenoxy) is 2. The molecule has 0 aliphatic carbocycles. The van der Waals surface area contributed by atoms with Gasteiger partial charge < -0.3 is 19.7 Å². The zero-order chi connectivity index (χ0) is 21.3. The van der Waals surface area contributed by atoms with Crippen LogP contribution in [-0.4, -0.2) is 46.8 Å². The van der Waals surface area contributed by atoms with Crippen LogP contribution < -0.4 is 10.1 Å². The van der Waals surface area contributed by atoms with Crippen molar-refractivity contribution in [1.82, 2.24) is 14.9 Å². The first kappa shape index (κ1) is 20.2. The number of hydrogen-bond acceptors (Lipinski definition) is 6. The molecule has 1 aliphatic heterocycles. The van der Waals surface area contributed by atoms with Gasteiger partial charge in [0.15, 0.2) is 5.82 Å². The summed E-state index contributed by atoms with van der Waals surface area (Å²) in [4.78, 5) is 22.0. The molecule has 9 heteroatoms. The van der Waals surface area contributed by atoms with E-state index >= 15 is 0 Å². The maximum Gasteiger partial charge on any atom is 0.409 e. The van der Waals surface area contributed by atoms with Gasteiger partial charge in [0, 0.05) is 23.9 Å². The van der Waals surface area contributed by atoms with E-state index in [1.54, 1.807) is 29.2 Å². The third-order valence-electron chi connectivity index (χ3n) is 5.06. The number of rotatable bonds is 4. The second-order valence-corrected chi connectivity index (χ2v) is 7.48. The number of benzene rings is 2. The van der Waals surface area contributed by atoms with Crippen molar-refractivity contribution in [3.63, 3.8) is 0 Å². The van der Waals surface area contributed by atoms with E-state index in [0.717, 1.165) is 0 Å². The SMILES string of the molecule is COC(=O)N1C[C@@H](Oc2ccc3c(Nc4cccc(Cl)c4F)ncnc3c2)CC1C. The Morgan fingerprint density at radius 3 is 2.93 bits per heavy atom. The summed E-state index contributed by atoms with van der Waals surface area (Å²) in [5.41, 5.74) is 0.869. The van der Waals surface area contributed by atoms with E-state index in [-0.39, 0.29) is 28.9 Å². The van der Waals surface area contributed by atoms with Crippen LogP contribution in [0.15, 0.2) is 42.7 Å². The van der Waals surface area contributed by atoms with Gasteiger partial charge in [-0.05, 0) is 31.2 Å². The average molecular weight is 431 g/mol. The molecule has 2 heterocycles. The quantitative estimate of drug-likeness (QED) is 0.642. The van der Waals surface area contributed by atoms with Gasteiger partial charge in [-0.2, -0.15) is 0 Å². The minimum Gasteiger partial charge on any atom is -0.488 e. The zero-order valence-corrected chi connectivity index (χ0v) is 17.2. The van der Waals surface area contributed by atoms with Crippen molar-refractivity contribution in [3.05, 3.63) is 53.6 Å². The van der Waals surface area contributed by atoms with Gasteiger partial charge in [-0.25, -0.2) is 19.2 Å². The van der Waals surface area contributed by atoms with E-state index in [0.29, 0.717) is 35.4 Å². The monoisotopic (exact) mass is 430 g/mol. The van der Waals surface area contributed by atoms with Crippen molar-refractivity contribution in [3.8, 4) is 5.75 Å². The number of aromatic nitrogens is 2. The fourth-order valence-electron chi connectivity index (χ4n) is 3.57. The van der Waals surface area contributed by atoms with Crippen molar-refractivity contribution in [2.45, 2.75) is 25.5 Å². The molecule has 30 heavy (non-hydrogen) atoms. The molecule has 7 nitrogen and oxygen atoms in total. The number of likely N-dealkylation sites (tertiary alicyclic amines) is 1. The van der Waals surface area contributed by atoms with Crippen molar-refractivity contribution >= 4 is 40.1 Å². The van der Waals surface area contributed by atoms with Gasteiger partial charge in [0.2, 0.25) is 0 Å². The first-order chi connectivity index (χ1) is 14.5. The van der Waals surface area contributed by atoms with E-state index in [4.69, 9.17) is 21.1 Å². The lowest BCUT2D eigenvalue weighted by atomic mass is 10.2. The predicted octanol–water partition coefficient (Wildman–Crippen LogP) is 4.77. The highest BCUT2D eigenvalue weighted by molar-refractivity contribution is 6.31. The van der Waals surface area contributed by atoms with Crippen LogP contribution in [0.5, 0.6) is 5.75 Å². The van der Waals surface area contributed by atoms with Crippen LogP contribution in [0.3, 0.4) is 0 Å². The molecule has 1 saturated heterocycles. The number of carbonyl (C=O) groups excluding carboxylic acids is 1. The lowest BCUT2D eigenvalue weighted by Crippen LogP contribution is -2.34. The molecule has 0 spiro atoms. The third kappa shape index (κ3) is 3.95. The van der Waals surface area contributed by atoms with Crippen molar-refractivity contribution in [2.24, 2.45) is 0 Å². The van der Waals surface area contributed by atoms with Crippen molar-refractivity contribution < 1.29 is 18.7 Å². The summed E-state index contributed by atoms with van der Waals surface area (Å²) in [5, 5.41) is 3.71.